The summed E-state index contributed by atoms with van der Waals surface area (Å²) in [4.78, 5) is 4.81. The van der Waals surface area contributed by atoms with Gasteiger partial charge >= 0.3 is 0 Å². The standard InChI is InChI=1S/C22H28N4/c1-5-17-13-18(6-2)24-16(4)12-20-8-10-22(26-20)14-21-9-7-19(25-21)11-15(3)23-17/h5-12,17,21-24,26H,1,4,13-14H2,2-3H3/b15-11?,18-6-,20-12-. The predicted octanol–water partition coefficient (Wildman–Crippen LogP) is 3.63. The molecule has 4 nitrogen and oxygen atoms in total. The maximum atomic E-state index is 4.81. The van der Waals surface area contributed by atoms with Crippen molar-refractivity contribution < 1.29 is 0 Å². The lowest BCUT2D eigenvalue weighted by atomic mass is 10.1. The van der Waals surface area contributed by atoms with Crippen LogP contribution in [0.2, 0.25) is 0 Å². The molecule has 0 aromatic heterocycles. The molecule has 3 unspecified atom stereocenters. The number of fused-ring (bicyclic) bond motifs is 3. The molecule has 4 heteroatoms. The molecule has 0 saturated carbocycles. The molecule has 3 N–H and O–H groups in total. The van der Waals surface area contributed by atoms with Crippen molar-refractivity contribution in [2.45, 2.75) is 44.8 Å². The van der Waals surface area contributed by atoms with Gasteiger partial charge in [0.1, 0.15) is 0 Å². The Bertz CT molecular complexity index is 761. The Morgan fingerprint density at radius 2 is 2.04 bits per heavy atom. The number of aliphatic imine (C=N–C) groups is 1. The minimum atomic E-state index is 0.133. The second-order valence-electron chi connectivity index (χ2n) is 6.91. The largest absolute Gasteiger partial charge is 0.382 e. The molecule has 0 aliphatic carbocycles. The second-order valence-corrected chi connectivity index (χ2v) is 6.91. The second kappa shape index (κ2) is 8.09. The number of nitrogens with one attached hydrogen (secondary N) is 3. The summed E-state index contributed by atoms with van der Waals surface area (Å²) < 4.78 is 0. The third-order valence-corrected chi connectivity index (χ3v) is 4.66. The van der Waals surface area contributed by atoms with Gasteiger partial charge < -0.3 is 16.0 Å². The summed E-state index contributed by atoms with van der Waals surface area (Å²) in [5, 5.41) is 10.5. The summed E-state index contributed by atoms with van der Waals surface area (Å²) in [5.41, 5.74) is 5.16. The highest BCUT2D eigenvalue weighted by molar-refractivity contribution is 6.05. The Labute approximate surface area is 156 Å². The average Bonchev–Trinajstić information content (AvgIpc) is 3.22. The van der Waals surface area contributed by atoms with E-state index in [-0.39, 0.29) is 12.1 Å². The summed E-state index contributed by atoms with van der Waals surface area (Å²) in [6.45, 7) is 12.2. The van der Waals surface area contributed by atoms with Crippen molar-refractivity contribution in [3.8, 4) is 0 Å². The molecule has 0 aromatic rings. The van der Waals surface area contributed by atoms with Gasteiger partial charge in [-0.25, -0.2) is 0 Å². The highest BCUT2D eigenvalue weighted by atomic mass is 15.0. The molecule has 3 aliphatic heterocycles. The van der Waals surface area contributed by atoms with Crippen LogP contribution in [0, 0.1) is 0 Å². The molecule has 0 radical (unpaired) electrons. The van der Waals surface area contributed by atoms with Crippen molar-refractivity contribution in [2.24, 2.45) is 4.99 Å². The Hall–Kier alpha value is -2.75. The van der Waals surface area contributed by atoms with Crippen molar-refractivity contribution in [3.05, 3.63) is 84.6 Å². The van der Waals surface area contributed by atoms with E-state index < -0.39 is 0 Å². The molecule has 0 spiro atoms. The third-order valence-electron chi connectivity index (χ3n) is 4.66. The first kappa shape index (κ1) is 18.1. The van der Waals surface area contributed by atoms with E-state index in [1.54, 1.807) is 0 Å². The van der Waals surface area contributed by atoms with Gasteiger partial charge in [-0.3, -0.25) is 4.99 Å². The molecule has 0 aromatic carbocycles. The lowest BCUT2D eigenvalue weighted by Gasteiger charge is -2.20. The number of nitrogens with zero attached hydrogens (tertiary/aromatic N) is 1. The monoisotopic (exact) mass is 348 g/mol. The van der Waals surface area contributed by atoms with E-state index in [0.29, 0.717) is 6.04 Å². The molecule has 3 rings (SSSR count). The minimum Gasteiger partial charge on any atom is -0.382 e. The molecule has 26 heavy (non-hydrogen) atoms. The molecule has 136 valence electrons. The topological polar surface area (TPSA) is 48.5 Å². The summed E-state index contributed by atoms with van der Waals surface area (Å²) >= 11 is 0. The molecule has 0 fully saturated rings. The smallest absolute Gasteiger partial charge is 0.0713 e. The zero-order valence-electron chi connectivity index (χ0n) is 15.6. The van der Waals surface area contributed by atoms with Crippen LogP contribution in [0.3, 0.4) is 0 Å². The maximum absolute atomic E-state index is 4.81. The molecule has 3 atom stereocenters. The van der Waals surface area contributed by atoms with Crippen LogP contribution in [0.5, 0.6) is 0 Å². The lowest BCUT2D eigenvalue weighted by Crippen LogP contribution is -2.29. The number of hydrogen-bond donors (Lipinski definition) is 3. The van der Waals surface area contributed by atoms with E-state index in [1.165, 1.54) is 0 Å². The van der Waals surface area contributed by atoms with E-state index in [2.05, 4.69) is 72.5 Å². The Kier molecular flexibility index (Phi) is 5.61. The average molecular weight is 348 g/mol. The van der Waals surface area contributed by atoms with E-state index >= 15 is 0 Å². The van der Waals surface area contributed by atoms with Crippen LogP contribution < -0.4 is 16.0 Å². The lowest BCUT2D eigenvalue weighted by molar-refractivity contribution is 0.605. The Morgan fingerprint density at radius 3 is 2.81 bits per heavy atom. The van der Waals surface area contributed by atoms with Gasteiger partial charge in [-0.05, 0) is 44.6 Å². The van der Waals surface area contributed by atoms with Crippen LogP contribution in [-0.4, -0.2) is 23.8 Å². The summed E-state index contributed by atoms with van der Waals surface area (Å²) in [6.07, 6.45) is 18.5. The fraction of sp³-hybridized carbons (Fsp3) is 0.318. The normalized spacial score (nSPS) is 32.1. The molecular weight excluding hydrogens is 320 g/mol. The molecular formula is C22H28N4. The summed E-state index contributed by atoms with van der Waals surface area (Å²) in [7, 11) is 0. The fourth-order valence-electron chi connectivity index (χ4n) is 3.38. The van der Waals surface area contributed by atoms with Gasteiger partial charge in [0.05, 0.1) is 11.8 Å². The fourth-order valence-corrected chi connectivity index (χ4v) is 3.38. The van der Waals surface area contributed by atoms with E-state index in [1.807, 2.05) is 19.1 Å². The van der Waals surface area contributed by atoms with E-state index in [4.69, 9.17) is 4.99 Å². The van der Waals surface area contributed by atoms with E-state index in [0.717, 1.165) is 41.3 Å². The predicted molar refractivity (Wildman–Crippen MR) is 111 cm³/mol. The van der Waals surface area contributed by atoms with Gasteiger partial charge in [-0.1, -0.05) is 30.9 Å². The maximum Gasteiger partial charge on any atom is 0.0713 e. The van der Waals surface area contributed by atoms with Crippen LogP contribution >= 0.6 is 0 Å². The minimum absolute atomic E-state index is 0.133. The van der Waals surface area contributed by atoms with Gasteiger partial charge in [0.2, 0.25) is 0 Å². The highest BCUT2D eigenvalue weighted by Gasteiger charge is 2.19. The van der Waals surface area contributed by atoms with Crippen molar-refractivity contribution in [1.29, 1.82) is 0 Å². The highest BCUT2D eigenvalue weighted by Crippen LogP contribution is 2.19. The molecule has 4 bridgehead atoms. The molecule has 3 heterocycles. The molecule has 0 amide bonds. The SMILES string of the molecule is C=CC1C/C(=C/C)NC(=C)/C=C2/C=CC(CC3C=CC(=N3)C=C(C)N1)N2. The van der Waals surface area contributed by atoms with Crippen LogP contribution in [0.1, 0.15) is 26.7 Å². The van der Waals surface area contributed by atoms with Crippen molar-refractivity contribution in [1.82, 2.24) is 16.0 Å². The number of rotatable bonds is 1. The van der Waals surface area contributed by atoms with Crippen LogP contribution in [0.25, 0.3) is 0 Å². The molecule has 0 saturated heterocycles. The van der Waals surface area contributed by atoms with Crippen molar-refractivity contribution in [2.75, 3.05) is 0 Å². The van der Waals surface area contributed by atoms with E-state index in [9.17, 15) is 0 Å². The quantitative estimate of drug-likeness (QED) is 0.634. The van der Waals surface area contributed by atoms with Gasteiger partial charge in [0, 0.05) is 41.3 Å². The van der Waals surface area contributed by atoms with Crippen LogP contribution in [-0.2, 0) is 0 Å². The first-order chi connectivity index (χ1) is 12.6. The Balaban J connectivity index is 1.86. The van der Waals surface area contributed by atoms with Gasteiger partial charge in [-0.2, -0.15) is 0 Å². The van der Waals surface area contributed by atoms with Crippen LogP contribution in [0.15, 0.2) is 89.5 Å². The van der Waals surface area contributed by atoms with Gasteiger partial charge in [0.25, 0.3) is 0 Å². The summed E-state index contributed by atoms with van der Waals surface area (Å²) in [6, 6.07) is 0.651. The van der Waals surface area contributed by atoms with Gasteiger partial charge in [0.15, 0.2) is 0 Å². The van der Waals surface area contributed by atoms with Crippen molar-refractivity contribution in [3.63, 3.8) is 0 Å². The first-order valence-corrected chi connectivity index (χ1v) is 9.16. The Morgan fingerprint density at radius 1 is 1.19 bits per heavy atom. The van der Waals surface area contributed by atoms with Crippen LogP contribution in [0.4, 0.5) is 0 Å². The summed E-state index contributed by atoms with van der Waals surface area (Å²) in [5.74, 6) is 0. The zero-order chi connectivity index (χ0) is 18.5. The molecule has 3 aliphatic rings. The number of allylic oxidation sites excluding steroid dienone is 6. The first-order valence-electron chi connectivity index (χ1n) is 9.16. The zero-order valence-corrected chi connectivity index (χ0v) is 15.6. The van der Waals surface area contributed by atoms with Gasteiger partial charge in [-0.15, -0.1) is 6.58 Å². The number of hydrogen-bond acceptors (Lipinski definition) is 4. The van der Waals surface area contributed by atoms with Crippen molar-refractivity contribution >= 4 is 5.71 Å². The third kappa shape index (κ3) is 4.66.